The van der Waals surface area contributed by atoms with Crippen LogP contribution in [0.5, 0.6) is 0 Å². The van der Waals surface area contributed by atoms with Gasteiger partial charge in [0, 0.05) is 12.8 Å². The maximum absolute atomic E-state index is 10.8. The molecular formula is C14H18O2. The number of hydrogen-bond acceptors (Lipinski definition) is 2. The predicted octanol–water partition coefficient (Wildman–Crippen LogP) is 2.73. The van der Waals surface area contributed by atoms with Crippen molar-refractivity contribution in [1.82, 2.24) is 0 Å². The zero-order valence-electron chi connectivity index (χ0n) is 9.95. The topological polar surface area (TPSA) is 34.1 Å². The summed E-state index contributed by atoms with van der Waals surface area (Å²) in [5, 5.41) is 0. The molecule has 0 radical (unpaired) electrons. The van der Waals surface area contributed by atoms with E-state index in [-0.39, 0.29) is 11.6 Å². The summed E-state index contributed by atoms with van der Waals surface area (Å²) < 4.78 is 0. The Balaban J connectivity index is 2.47. The van der Waals surface area contributed by atoms with Crippen LogP contribution in [0.2, 0.25) is 0 Å². The third-order valence-electron chi connectivity index (χ3n) is 2.55. The highest BCUT2D eigenvalue weighted by molar-refractivity contribution is 5.76. The van der Waals surface area contributed by atoms with Crippen LogP contribution in [0.3, 0.4) is 0 Å². The van der Waals surface area contributed by atoms with Crippen molar-refractivity contribution in [3.8, 4) is 0 Å². The van der Waals surface area contributed by atoms with E-state index in [1.807, 2.05) is 24.3 Å². The Morgan fingerprint density at radius 2 is 1.12 bits per heavy atom. The van der Waals surface area contributed by atoms with E-state index >= 15 is 0 Å². The Morgan fingerprint density at radius 1 is 0.812 bits per heavy atom. The molecule has 0 bridgehead atoms. The van der Waals surface area contributed by atoms with Crippen LogP contribution >= 0.6 is 0 Å². The van der Waals surface area contributed by atoms with Crippen molar-refractivity contribution in [2.75, 3.05) is 0 Å². The standard InChI is InChI=1S/C14H18O2/c1-11(15)3-5-13-7-9-14(10-8-13)6-4-12(2)16/h7-10H,3-6H2,1-2H3. The van der Waals surface area contributed by atoms with Gasteiger partial charge in [0.1, 0.15) is 11.6 Å². The highest BCUT2D eigenvalue weighted by Crippen LogP contribution is 2.09. The predicted molar refractivity (Wildman–Crippen MR) is 64.4 cm³/mol. The lowest BCUT2D eigenvalue weighted by molar-refractivity contribution is -0.117. The molecule has 0 aliphatic heterocycles. The minimum absolute atomic E-state index is 0.223. The first-order chi connectivity index (χ1) is 7.58. The maximum atomic E-state index is 10.8. The first kappa shape index (κ1) is 12.6. The molecule has 1 aromatic rings. The second kappa shape index (κ2) is 6.21. The van der Waals surface area contributed by atoms with Crippen LogP contribution in [0.1, 0.15) is 37.8 Å². The summed E-state index contributed by atoms with van der Waals surface area (Å²) in [6, 6.07) is 8.16. The van der Waals surface area contributed by atoms with Crippen LogP contribution in [0, 0.1) is 0 Å². The van der Waals surface area contributed by atoms with E-state index < -0.39 is 0 Å². The second-order valence-corrected chi connectivity index (χ2v) is 4.22. The van der Waals surface area contributed by atoms with E-state index in [9.17, 15) is 9.59 Å². The number of aryl methyl sites for hydroxylation is 2. The molecule has 0 saturated heterocycles. The number of ketones is 2. The van der Waals surface area contributed by atoms with E-state index in [1.165, 1.54) is 11.1 Å². The lowest BCUT2D eigenvalue weighted by Crippen LogP contribution is -1.96. The van der Waals surface area contributed by atoms with E-state index in [2.05, 4.69) is 0 Å². The number of hydrogen-bond donors (Lipinski definition) is 0. The van der Waals surface area contributed by atoms with E-state index in [4.69, 9.17) is 0 Å². The van der Waals surface area contributed by atoms with Gasteiger partial charge in [-0.15, -0.1) is 0 Å². The number of Topliss-reactive ketones (excluding diaryl/α,β-unsaturated/α-hetero) is 2. The van der Waals surface area contributed by atoms with Gasteiger partial charge in [-0.2, -0.15) is 0 Å². The van der Waals surface area contributed by atoms with Gasteiger partial charge in [-0.05, 0) is 37.8 Å². The molecular weight excluding hydrogens is 200 g/mol. The Morgan fingerprint density at radius 3 is 1.38 bits per heavy atom. The summed E-state index contributed by atoms with van der Waals surface area (Å²) in [6.45, 7) is 3.22. The molecule has 0 atom stereocenters. The molecule has 1 aromatic carbocycles. The number of benzene rings is 1. The largest absolute Gasteiger partial charge is 0.300 e. The monoisotopic (exact) mass is 218 g/mol. The van der Waals surface area contributed by atoms with Gasteiger partial charge in [0.25, 0.3) is 0 Å². The van der Waals surface area contributed by atoms with E-state index in [0.29, 0.717) is 12.8 Å². The first-order valence-electron chi connectivity index (χ1n) is 5.64. The lowest BCUT2D eigenvalue weighted by Gasteiger charge is -2.02. The van der Waals surface area contributed by atoms with Crippen LogP contribution in [0.15, 0.2) is 24.3 Å². The average molecular weight is 218 g/mol. The van der Waals surface area contributed by atoms with Crippen molar-refractivity contribution < 1.29 is 9.59 Å². The normalized spacial score (nSPS) is 10.1. The van der Waals surface area contributed by atoms with Crippen LogP contribution < -0.4 is 0 Å². The molecule has 1 rings (SSSR count). The molecule has 0 N–H and O–H groups in total. The Kier molecular flexibility index (Phi) is 4.90. The lowest BCUT2D eigenvalue weighted by atomic mass is 10.0. The SMILES string of the molecule is CC(=O)CCc1ccc(CCC(C)=O)cc1. The molecule has 0 amide bonds. The van der Waals surface area contributed by atoms with Gasteiger partial charge in [-0.1, -0.05) is 24.3 Å². The second-order valence-electron chi connectivity index (χ2n) is 4.22. The summed E-state index contributed by atoms with van der Waals surface area (Å²) in [6.07, 6.45) is 2.82. The van der Waals surface area contributed by atoms with Crippen LogP contribution in [-0.4, -0.2) is 11.6 Å². The molecule has 0 spiro atoms. The third-order valence-corrected chi connectivity index (χ3v) is 2.55. The minimum atomic E-state index is 0.223. The van der Waals surface area contributed by atoms with Gasteiger partial charge in [0.2, 0.25) is 0 Å². The molecule has 2 nitrogen and oxygen atoms in total. The average Bonchev–Trinajstić information content (AvgIpc) is 2.25. The van der Waals surface area contributed by atoms with Crippen LogP contribution in [0.25, 0.3) is 0 Å². The highest BCUT2D eigenvalue weighted by Gasteiger charge is 1.99. The Hall–Kier alpha value is -1.44. The summed E-state index contributed by atoms with van der Waals surface area (Å²) in [7, 11) is 0. The molecule has 16 heavy (non-hydrogen) atoms. The van der Waals surface area contributed by atoms with Gasteiger partial charge in [0.05, 0.1) is 0 Å². The quantitative estimate of drug-likeness (QED) is 0.735. The van der Waals surface area contributed by atoms with Gasteiger partial charge in [0.15, 0.2) is 0 Å². The van der Waals surface area contributed by atoms with Crippen molar-refractivity contribution >= 4 is 11.6 Å². The number of carbonyl (C=O) groups excluding carboxylic acids is 2. The molecule has 0 heterocycles. The van der Waals surface area contributed by atoms with E-state index in [0.717, 1.165) is 12.8 Å². The smallest absolute Gasteiger partial charge is 0.130 e. The fourth-order valence-electron chi connectivity index (χ4n) is 1.51. The zero-order chi connectivity index (χ0) is 12.0. The van der Waals surface area contributed by atoms with Gasteiger partial charge in [-0.25, -0.2) is 0 Å². The molecule has 0 unspecified atom stereocenters. The fraction of sp³-hybridized carbons (Fsp3) is 0.429. The maximum Gasteiger partial charge on any atom is 0.130 e. The van der Waals surface area contributed by atoms with Crippen molar-refractivity contribution in [3.63, 3.8) is 0 Å². The molecule has 86 valence electrons. The summed E-state index contributed by atoms with van der Waals surface area (Å²) in [4.78, 5) is 21.6. The number of rotatable bonds is 6. The first-order valence-corrected chi connectivity index (χ1v) is 5.64. The van der Waals surface area contributed by atoms with Crippen LogP contribution in [0.4, 0.5) is 0 Å². The molecule has 0 aliphatic carbocycles. The minimum Gasteiger partial charge on any atom is -0.300 e. The number of carbonyl (C=O) groups is 2. The summed E-state index contributed by atoms with van der Waals surface area (Å²) >= 11 is 0. The summed E-state index contributed by atoms with van der Waals surface area (Å²) in [5.41, 5.74) is 2.36. The molecule has 0 aromatic heterocycles. The third kappa shape index (κ3) is 4.87. The van der Waals surface area contributed by atoms with Gasteiger partial charge in [-0.3, -0.25) is 0 Å². The molecule has 0 aliphatic rings. The Labute approximate surface area is 96.7 Å². The van der Waals surface area contributed by atoms with Crippen molar-refractivity contribution in [1.29, 1.82) is 0 Å². The van der Waals surface area contributed by atoms with Crippen molar-refractivity contribution in [2.45, 2.75) is 39.5 Å². The van der Waals surface area contributed by atoms with Crippen LogP contribution in [-0.2, 0) is 22.4 Å². The molecule has 2 heteroatoms. The summed E-state index contributed by atoms with van der Waals surface area (Å²) in [5.74, 6) is 0.446. The Bertz CT molecular complexity index is 326. The van der Waals surface area contributed by atoms with Gasteiger partial charge >= 0.3 is 0 Å². The fourth-order valence-corrected chi connectivity index (χ4v) is 1.51. The zero-order valence-corrected chi connectivity index (χ0v) is 9.95. The highest BCUT2D eigenvalue weighted by atomic mass is 16.1. The molecule has 0 saturated carbocycles. The van der Waals surface area contributed by atoms with Crippen molar-refractivity contribution in [3.05, 3.63) is 35.4 Å². The van der Waals surface area contributed by atoms with Crippen molar-refractivity contribution in [2.24, 2.45) is 0 Å². The van der Waals surface area contributed by atoms with Gasteiger partial charge < -0.3 is 9.59 Å². The molecule has 0 fully saturated rings. The van der Waals surface area contributed by atoms with E-state index in [1.54, 1.807) is 13.8 Å².